The molecule has 2 nitrogen and oxygen atoms in total. The van der Waals surface area contributed by atoms with E-state index in [2.05, 4.69) is 11.8 Å². The molecule has 0 radical (unpaired) electrons. The van der Waals surface area contributed by atoms with Crippen LogP contribution in [0.15, 0.2) is 24.3 Å². The van der Waals surface area contributed by atoms with Gasteiger partial charge < -0.3 is 10.0 Å². The highest BCUT2D eigenvalue weighted by Gasteiger charge is 2.18. The van der Waals surface area contributed by atoms with Gasteiger partial charge >= 0.3 is 0 Å². The van der Waals surface area contributed by atoms with E-state index in [0.29, 0.717) is 5.75 Å². The zero-order chi connectivity index (χ0) is 11.4. The minimum absolute atomic E-state index is 0.351. The number of anilines is 1. The van der Waals surface area contributed by atoms with Gasteiger partial charge in [-0.3, -0.25) is 0 Å². The Morgan fingerprint density at radius 2 is 1.81 bits per heavy atom. The Bertz CT molecular complexity index is 312. The molecule has 16 heavy (non-hydrogen) atoms. The Balaban J connectivity index is 1.91. The van der Waals surface area contributed by atoms with Crippen LogP contribution < -0.4 is 4.90 Å². The number of phenolic OH excluding ortho intramolecular Hbond substituents is 1. The maximum atomic E-state index is 9.25. The first-order valence-electron chi connectivity index (χ1n) is 6.33. The van der Waals surface area contributed by atoms with Crippen LogP contribution in [0.4, 0.5) is 5.69 Å². The molecule has 1 aromatic carbocycles. The van der Waals surface area contributed by atoms with Gasteiger partial charge in [-0.15, -0.1) is 0 Å². The molecular weight excluding hydrogens is 198 g/mol. The number of rotatable bonds is 3. The molecule has 0 spiro atoms. The molecule has 2 heteroatoms. The Hall–Kier alpha value is -1.18. The first-order valence-corrected chi connectivity index (χ1v) is 6.33. The zero-order valence-electron chi connectivity index (χ0n) is 10.0. The van der Waals surface area contributed by atoms with Crippen molar-refractivity contribution >= 4 is 5.69 Å². The van der Waals surface area contributed by atoms with Crippen LogP contribution in [0.25, 0.3) is 0 Å². The average Bonchev–Trinajstić information content (AvgIpc) is 2.32. The summed E-state index contributed by atoms with van der Waals surface area (Å²) < 4.78 is 0. The second kappa shape index (κ2) is 5.24. The third-order valence-electron chi connectivity index (χ3n) is 3.53. The molecule has 0 bridgehead atoms. The molecule has 88 valence electrons. The minimum Gasteiger partial charge on any atom is -0.508 e. The molecule has 1 heterocycles. The van der Waals surface area contributed by atoms with Gasteiger partial charge in [-0.2, -0.15) is 0 Å². The lowest BCUT2D eigenvalue weighted by Crippen LogP contribution is -2.33. The van der Waals surface area contributed by atoms with Crippen molar-refractivity contribution in [3.8, 4) is 5.75 Å². The molecule has 1 N–H and O–H groups in total. The van der Waals surface area contributed by atoms with Gasteiger partial charge in [0.1, 0.15) is 5.75 Å². The van der Waals surface area contributed by atoms with E-state index in [9.17, 15) is 5.11 Å². The van der Waals surface area contributed by atoms with Crippen LogP contribution in [-0.4, -0.2) is 18.2 Å². The fraction of sp³-hybridized carbons (Fsp3) is 0.571. The number of hydrogen-bond donors (Lipinski definition) is 1. The number of hydrogen-bond acceptors (Lipinski definition) is 2. The summed E-state index contributed by atoms with van der Waals surface area (Å²) in [5, 5.41) is 9.25. The van der Waals surface area contributed by atoms with Crippen molar-refractivity contribution in [2.24, 2.45) is 5.92 Å². The third kappa shape index (κ3) is 2.69. The second-order valence-corrected chi connectivity index (χ2v) is 4.74. The van der Waals surface area contributed by atoms with Crippen molar-refractivity contribution in [1.29, 1.82) is 0 Å². The molecule has 2 rings (SSSR count). The topological polar surface area (TPSA) is 23.5 Å². The van der Waals surface area contributed by atoms with Crippen LogP contribution >= 0.6 is 0 Å². The van der Waals surface area contributed by atoms with Crippen molar-refractivity contribution < 1.29 is 5.11 Å². The summed E-state index contributed by atoms with van der Waals surface area (Å²) >= 11 is 0. The highest BCUT2D eigenvalue weighted by Crippen LogP contribution is 2.26. The summed E-state index contributed by atoms with van der Waals surface area (Å²) in [6.07, 6.45) is 5.32. The van der Waals surface area contributed by atoms with E-state index in [1.165, 1.54) is 31.4 Å². The number of piperidine rings is 1. The molecule has 0 unspecified atom stereocenters. The minimum atomic E-state index is 0.351. The Kier molecular flexibility index (Phi) is 3.70. The van der Waals surface area contributed by atoms with Crippen molar-refractivity contribution in [2.45, 2.75) is 32.6 Å². The first-order chi connectivity index (χ1) is 7.79. The van der Waals surface area contributed by atoms with Crippen LogP contribution in [-0.2, 0) is 0 Å². The number of benzene rings is 1. The number of aromatic hydroxyl groups is 1. The lowest BCUT2D eigenvalue weighted by Gasteiger charge is -2.33. The van der Waals surface area contributed by atoms with Gasteiger partial charge in [0, 0.05) is 18.8 Å². The standard InChI is InChI=1S/C14H21NO/c1-2-3-12-8-10-15(11-9-12)13-4-6-14(16)7-5-13/h4-7,12,16H,2-3,8-11H2,1H3. The van der Waals surface area contributed by atoms with Gasteiger partial charge in [-0.1, -0.05) is 19.8 Å². The van der Waals surface area contributed by atoms with E-state index in [1.807, 2.05) is 12.1 Å². The lowest BCUT2D eigenvalue weighted by atomic mass is 9.92. The summed E-state index contributed by atoms with van der Waals surface area (Å²) in [7, 11) is 0. The van der Waals surface area contributed by atoms with Gasteiger partial charge in [0.25, 0.3) is 0 Å². The summed E-state index contributed by atoms with van der Waals surface area (Å²) in [4.78, 5) is 2.42. The second-order valence-electron chi connectivity index (χ2n) is 4.74. The fourth-order valence-electron chi connectivity index (χ4n) is 2.55. The monoisotopic (exact) mass is 219 g/mol. The van der Waals surface area contributed by atoms with Crippen LogP contribution in [0.3, 0.4) is 0 Å². The van der Waals surface area contributed by atoms with E-state index in [-0.39, 0.29) is 0 Å². The van der Waals surface area contributed by atoms with Crippen molar-refractivity contribution in [2.75, 3.05) is 18.0 Å². The highest BCUT2D eigenvalue weighted by atomic mass is 16.3. The molecule has 1 aliphatic heterocycles. The van der Waals surface area contributed by atoms with Gasteiger partial charge in [-0.25, -0.2) is 0 Å². The predicted molar refractivity (Wildman–Crippen MR) is 68.0 cm³/mol. The summed E-state index contributed by atoms with van der Waals surface area (Å²) in [6.45, 7) is 4.59. The van der Waals surface area contributed by atoms with Crippen molar-refractivity contribution in [3.63, 3.8) is 0 Å². The molecular formula is C14H21NO. The van der Waals surface area contributed by atoms with Gasteiger partial charge in [0.15, 0.2) is 0 Å². The third-order valence-corrected chi connectivity index (χ3v) is 3.53. The largest absolute Gasteiger partial charge is 0.508 e. The first kappa shape index (κ1) is 11.3. The molecule has 1 aromatic rings. The molecule has 1 aliphatic rings. The van der Waals surface area contributed by atoms with E-state index in [0.717, 1.165) is 19.0 Å². The van der Waals surface area contributed by atoms with E-state index in [1.54, 1.807) is 12.1 Å². The molecule has 1 fully saturated rings. The quantitative estimate of drug-likeness (QED) is 0.842. The van der Waals surface area contributed by atoms with E-state index < -0.39 is 0 Å². The maximum Gasteiger partial charge on any atom is 0.115 e. The van der Waals surface area contributed by atoms with E-state index >= 15 is 0 Å². The van der Waals surface area contributed by atoms with Gasteiger partial charge in [-0.05, 0) is 43.0 Å². The van der Waals surface area contributed by atoms with Crippen LogP contribution in [0.5, 0.6) is 5.75 Å². The van der Waals surface area contributed by atoms with Crippen LogP contribution in [0.2, 0.25) is 0 Å². The summed E-state index contributed by atoms with van der Waals surface area (Å²) in [5.41, 5.74) is 1.24. The summed E-state index contributed by atoms with van der Waals surface area (Å²) in [6, 6.07) is 7.56. The molecule has 0 atom stereocenters. The average molecular weight is 219 g/mol. The fourth-order valence-corrected chi connectivity index (χ4v) is 2.55. The van der Waals surface area contributed by atoms with Crippen LogP contribution in [0, 0.1) is 5.92 Å². The predicted octanol–water partition coefficient (Wildman–Crippen LogP) is 3.41. The molecule has 0 aliphatic carbocycles. The Labute approximate surface area is 97.9 Å². The Morgan fingerprint density at radius 1 is 1.19 bits per heavy atom. The van der Waals surface area contributed by atoms with Crippen molar-refractivity contribution in [3.05, 3.63) is 24.3 Å². The lowest BCUT2D eigenvalue weighted by molar-refractivity contribution is 0.378. The normalized spacial score (nSPS) is 17.7. The molecule has 0 saturated carbocycles. The van der Waals surface area contributed by atoms with E-state index in [4.69, 9.17) is 0 Å². The smallest absolute Gasteiger partial charge is 0.115 e. The SMILES string of the molecule is CCCC1CCN(c2ccc(O)cc2)CC1. The Morgan fingerprint density at radius 3 is 2.38 bits per heavy atom. The number of phenols is 1. The van der Waals surface area contributed by atoms with Crippen LogP contribution in [0.1, 0.15) is 32.6 Å². The molecule has 0 aromatic heterocycles. The summed E-state index contributed by atoms with van der Waals surface area (Å²) in [5.74, 6) is 1.28. The van der Waals surface area contributed by atoms with Crippen molar-refractivity contribution in [1.82, 2.24) is 0 Å². The number of nitrogens with zero attached hydrogens (tertiary/aromatic N) is 1. The maximum absolute atomic E-state index is 9.25. The molecule has 1 saturated heterocycles. The van der Waals surface area contributed by atoms with Gasteiger partial charge in [0.2, 0.25) is 0 Å². The zero-order valence-corrected chi connectivity index (χ0v) is 10.0. The molecule has 0 amide bonds. The highest BCUT2D eigenvalue weighted by molar-refractivity contribution is 5.49. The van der Waals surface area contributed by atoms with Gasteiger partial charge in [0.05, 0.1) is 0 Å².